The fraction of sp³-hybridized carbons (Fsp3) is 0.545. The van der Waals surface area contributed by atoms with E-state index in [-0.39, 0.29) is 24.4 Å². The highest BCUT2D eigenvalue weighted by molar-refractivity contribution is 9.11. The smallest absolute Gasteiger partial charge is 0.228 e. The van der Waals surface area contributed by atoms with Gasteiger partial charge < -0.3 is 10.6 Å². The maximum Gasteiger partial charge on any atom is 0.228 e. The van der Waals surface area contributed by atoms with Crippen LogP contribution in [-0.4, -0.2) is 29.9 Å². The van der Waals surface area contributed by atoms with E-state index < -0.39 is 0 Å². The minimum atomic E-state index is 0. The fourth-order valence-corrected chi connectivity index (χ4v) is 3.58. The summed E-state index contributed by atoms with van der Waals surface area (Å²) in [6.07, 6.45) is 2.64. The molecule has 2 rings (SSSR count). The van der Waals surface area contributed by atoms with Gasteiger partial charge in [0.25, 0.3) is 0 Å². The molecule has 17 heavy (non-hydrogen) atoms. The van der Waals surface area contributed by atoms with Crippen molar-refractivity contribution < 1.29 is 4.79 Å². The largest absolute Gasteiger partial charge is 0.338 e. The molecule has 0 spiro atoms. The molecule has 1 unspecified atom stereocenters. The highest BCUT2D eigenvalue weighted by Crippen LogP contribution is 2.24. The number of likely N-dealkylation sites (tertiary alicyclic amines) is 1. The van der Waals surface area contributed by atoms with Crippen molar-refractivity contribution in [1.82, 2.24) is 4.90 Å². The quantitative estimate of drug-likeness (QED) is 0.919. The minimum absolute atomic E-state index is 0. The Hall–Kier alpha value is -0.100. The summed E-state index contributed by atoms with van der Waals surface area (Å²) >= 11 is 5.03. The van der Waals surface area contributed by atoms with E-state index in [9.17, 15) is 4.79 Å². The van der Waals surface area contributed by atoms with Crippen molar-refractivity contribution >= 4 is 45.6 Å². The van der Waals surface area contributed by atoms with Crippen molar-refractivity contribution in [2.45, 2.75) is 25.3 Å². The van der Waals surface area contributed by atoms with Gasteiger partial charge in [-0.15, -0.1) is 23.7 Å². The number of halogens is 2. The van der Waals surface area contributed by atoms with Gasteiger partial charge in [0, 0.05) is 24.0 Å². The SMILES string of the molecule is Cl.NCC1CCCN1C(=O)Cc1ccc(Br)s1. The van der Waals surface area contributed by atoms with Gasteiger partial charge in [0.05, 0.1) is 10.2 Å². The predicted molar refractivity (Wildman–Crippen MR) is 76.8 cm³/mol. The molecule has 0 radical (unpaired) electrons. The first-order chi connectivity index (χ1) is 7.70. The second-order valence-corrected chi connectivity index (χ2v) is 6.55. The van der Waals surface area contributed by atoms with Gasteiger partial charge in [0.15, 0.2) is 0 Å². The van der Waals surface area contributed by atoms with Crippen molar-refractivity contribution in [3.63, 3.8) is 0 Å². The number of carbonyl (C=O) groups excluding carboxylic acids is 1. The Morgan fingerprint density at radius 2 is 2.35 bits per heavy atom. The Morgan fingerprint density at radius 3 is 2.94 bits per heavy atom. The molecule has 0 aliphatic carbocycles. The van der Waals surface area contributed by atoms with E-state index in [1.54, 1.807) is 11.3 Å². The molecule has 3 nitrogen and oxygen atoms in total. The summed E-state index contributed by atoms with van der Waals surface area (Å²) in [5.41, 5.74) is 5.66. The molecular formula is C11H16BrClN2OS. The van der Waals surface area contributed by atoms with Crippen LogP contribution in [0.3, 0.4) is 0 Å². The molecule has 2 heterocycles. The van der Waals surface area contributed by atoms with Crippen LogP contribution in [0.5, 0.6) is 0 Å². The first-order valence-electron chi connectivity index (χ1n) is 5.44. The average Bonchev–Trinajstić information content (AvgIpc) is 2.86. The van der Waals surface area contributed by atoms with Crippen LogP contribution in [0.2, 0.25) is 0 Å². The van der Waals surface area contributed by atoms with Crippen LogP contribution in [0.4, 0.5) is 0 Å². The summed E-state index contributed by atoms with van der Waals surface area (Å²) in [6, 6.07) is 4.24. The summed E-state index contributed by atoms with van der Waals surface area (Å²) < 4.78 is 1.08. The normalized spacial score (nSPS) is 19.2. The lowest BCUT2D eigenvalue weighted by Gasteiger charge is -2.23. The zero-order valence-corrected chi connectivity index (χ0v) is 12.6. The van der Waals surface area contributed by atoms with Gasteiger partial charge in [-0.05, 0) is 40.9 Å². The third-order valence-corrected chi connectivity index (χ3v) is 4.55. The fourth-order valence-electron chi connectivity index (χ4n) is 2.11. The van der Waals surface area contributed by atoms with E-state index in [0.29, 0.717) is 13.0 Å². The van der Waals surface area contributed by atoms with Gasteiger partial charge in [0.1, 0.15) is 0 Å². The zero-order chi connectivity index (χ0) is 11.5. The molecule has 0 saturated carbocycles. The Balaban J connectivity index is 0.00000144. The lowest BCUT2D eigenvalue weighted by Crippen LogP contribution is -2.40. The summed E-state index contributed by atoms with van der Waals surface area (Å²) in [6.45, 7) is 1.45. The van der Waals surface area contributed by atoms with E-state index in [2.05, 4.69) is 15.9 Å². The van der Waals surface area contributed by atoms with E-state index in [1.165, 1.54) is 0 Å². The number of thiophene rings is 1. The Bertz CT molecular complexity index is 385. The molecule has 1 fully saturated rings. The van der Waals surface area contributed by atoms with Gasteiger partial charge >= 0.3 is 0 Å². The zero-order valence-electron chi connectivity index (χ0n) is 9.39. The standard InChI is InChI=1S/C11H15BrN2OS.ClH/c12-10-4-3-9(16-10)6-11(15)14-5-1-2-8(14)7-13;/h3-4,8H,1-2,5-7,13H2;1H. The number of nitrogens with zero attached hydrogens (tertiary/aromatic N) is 1. The van der Waals surface area contributed by atoms with Crippen LogP contribution < -0.4 is 5.73 Å². The van der Waals surface area contributed by atoms with E-state index in [4.69, 9.17) is 5.73 Å². The van der Waals surface area contributed by atoms with Gasteiger partial charge in [-0.3, -0.25) is 4.79 Å². The minimum Gasteiger partial charge on any atom is -0.338 e. The summed E-state index contributed by atoms with van der Waals surface area (Å²) in [7, 11) is 0. The van der Waals surface area contributed by atoms with Crippen LogP contribution in [0.15, 0.2) is 15.9 Å². The molecule has 0 bridgehead atoms. The Kier molecular flexibility index (Phi) is 5.92. The van der Waals surface area contributed by atoms with Gasteiger partial charge in [-0.2, -0.15) is 0 Å². The maximum absolute atomic E-state index is 12.1. The molecule has 1 amide bonds. The van der Waals surface area contributed by atoms with Crippen molar-refractivity contribution in [2.75, 3.05) is 13.1 Å². The van der Waals surface area contributed by atoms with Crippen molar-refractivity contribution in [2.24, 2.45) is 5.73 Å². The number of nitrogens with two attached hydrogens (primary N) is 1. The molecule has 2 N–H and O–H groups in total. The Morgan fingerprint density at radius 1 is 1.59 bits per heavy atom. The van der Waals surface area contributed by atoms with E-state index in [0.717, 1.165) is 28.0 Å². The van der Waals surface area contributed by atoms with Crippen molar-refractivity contribution in [3.8, 4) is 0 Å². The van der Waals surface area contributed by atoms with Crippen LogP contribution in [0.25, 0.3) is 0 Å². The average molecular weight is 340 g/mol. The lowest BCUT2D eigenvalue weighted by molar-refractivity contribution is -0.131. The third-order valence-electron chi connectivity index (χ3n) is 2.92. The molecule has 1 aromatic heterocycles. The maximum atomic E-state index is 12.1. The molecule has 96 valence electrons. The first kappa shape index (κ1) is 15.0. The highest BCUT2D eigenvalue weighted by atomic mass is 79.9. The summed E-state index contributed by atoms with van der Waals surface area (Å²) in [5.74, 6) is 0.210. The van der Waals surface area contributed by atoms with Crippen LogP contribution in [-0.2, 0) is 11.2 Å². The monoisotopic (exact) mass is 338 g/mol. The summed E-state index contributed by atoms with van der Waals surface area (Å²) in [5, 5.41) is 0. The van der Waals surface area contributed by atoms with Crippen LogP contribution in [0.1, 0.15) is 17.7 Å². The highest BCUT2D eigenvalue weighted by Gasteiger charge is 2.27. The number of hydrogen-bond donors (Lipinski definition) is 1. The molecular weight excluding hydrogens is 324 g/mol. The second-order valence-electron chi connectivity index (χ2n) is 4.00. The number of rotatable bonds is 3. The Labute approximate surface area is 120 Å². The molecule has 6 heteroatoms. The van der Waals surface area contributed by atoms with Crippen LogP contribution in [0, 0.1) is 0 Å². The molecule has 1 aliphatic heterocycles. The van der Waals surface area contributed by atoms with Crippen LogP contribution >= 0.6 is 39.7 Å². The lowest BCUT2D eigenvalue weighted by atomic mass is 10.2. The number of hydrogen-bond acceptors (Lipinski definition) is 3. The third kappa shape index (κ3) is 3.68. The van der Waals surface area contributed by atoms with Gasteiger partial charge in [-0.1, -0.05) is 0 Å². The van der Waals surface area contributed by atoms with Crippen molar-refractivity contribution in [3.05, 3.63) is 20.8 Å². The number of amides is 1. The van der Waals surface area contributed by atoms with E-state index >= 15 is 0 Å². The topological polar surface area (TPSA) is 46.3 Å². The summed E-state index contributed by atoms with van der Waals surface area (Å²) in [4.78, 5) is 15.1. The number of carbonyl (C=O) groups is 1. The molecule has 1 saturated heterocycles. The van der Waals surface area contributed by atoms with E-state index in [1.807, 2.05) is 17.0 Å². The molecule has 1 aromatic rings. The molecule has 0 aromatic carbocycles. The van der Waals surface area contributed by atoms with Gasteiger partial charge in [-0.25, -0.2) is 0 Å². The predicted octanol–water partition coefficient (Wildman–Crippen LogP) is 2.42. The molecule has 1 atom stereocenters. The van der Waals surface area contributed by atoms with Gasteiger partial charge in [0.2, 0.25) is 5.91 Å². The first-order valence-corrected chi connectivity index (χ1v) is 7.05. The molecule has 1 aliphatic rings. The van der Waals surface area contributed by atoms with Crippen molar-refractivity contribution in [1.29, 1.82) is 0 Å². The second kappa shape index (κ2) is 6.73.